The summed E-state index contributed by atoms with van der Waals surface area (Å²) in [6, 6.07) is 12.2. The smallest absolute Gasteiger partial charge is 0.139 e. The number of benzene rings is 2. The Hall–Kier alpha value is -1.50. The highest BCUT2D eigenvalue weighted by molar-refractivity contribution is 5.98. The molecule has 52 valence electrons. The summed E-state index contributed by atoms with van der Waals surface area (Å²) in [4.78, 5) is 0. The Morgan fingerprint density at radius 1 is 0.818 bits per heavy atom. The van der Waals surface area contributed by atoms with Gasteiger partial charge in [-0.2, -0.15) is 0 Å². The molecule has 0 bridgehead atoms. The Kier molecular flexibility index (Phi) is 0.737. The van der Waals surface area contributed by atoms with Crippen LogP contribution in [0.2, 0.25) is 0 Å². The van der Waals surface area contributed by atoms with E-state index in [0.717, 1.165) is 11.5 Å². The van der Waals surface area contributed by atoms with Crippen LogP contribution in [-0.4, -0.2) is 0 Å². The van der Waals surface area contributed by atoms with Crippen LogP contribution < -0.4 is 4.74 Å². The molecule has 2 aromatic carbocycles. The van der Waals surface area contributed by atoms with Crippen molar-refractivity contribution in [2.75, 3.05) is 0 Å². The molecule has 11 heavy (non-hydrogen) atoms. The minimum Gasteiger partial charge on any atom is -0.456 e. The molecule has 0 radical (unpaired) electrons. The second kappa shape index (κ2) is 1.56. The molecule has 0 N–H and O–H groups in total. The predicted octanol–water partition coefficient (Wildman–Crippen LogP) is 2.95. The number of ether oxygens (including phenoxy) is 1. The lowest BCUT2D eigenvalue weighted by Gasteiger charge is -2.19. The molecule has 1 aliphatic rings. The first-order valence-corrected chi connectivity index (χ1v) is 3.65. The average Bonchev–Trinajstić information content (AvgIpc) is 2.01. The van der Waals surface area contributed by atoms with Crippen LogP contribution >= 0.6 is 0 Å². The summed E-state index contributed by atoms with van der Waals surface area (Å²) in [5.74, 6) is 2.02. The molecule has 0 aromatic heterocycles. The molecule has 0 saturated carbocycles. The van der Waals surface area contributed by atoms with Crippen LogP contribution in [0.3, 0.4) is 0 Å². The molecule has 0 spiro atoms. The lowest BCUT2D eigenvalue weighted by atomic mass is 10.1. The number of hydrogen-bond donors (Lipinski definition) is 0. The summed E-state index contributed by atoms with van der Waals surface area (Å²) in [5, 5.41) is 2.54. The van der Waals surface area contributed by atoms with E-state index in [1.165, 1.54) is 10.8 Å². The van der Waals surface area contributed by atoms with Crippen LogP contribution in [0.5, 0.6) is 11.5 Å². The molecule has 0 saturated heterocycles. The summed E-state index contributed by atoms with van der Waals surface area (Å²) in [7, 11) is 0. The molecule has 3 rings (SSSR count). The first kappa shape index (κ1) is 5.19. The van der Waals surface area contributed by atoms with Crippen molar-refractivity contribution in [1.82, 2.24) is 0 Å². The number of rotatable bonds is 0. The van der Waals surface area contributed by atoms with Gasteiger partial charge in [0.25, 0.3) is 0 Å². The van der Waals surface area contributed by atoms with Crippen LogP contribution in [0.15, 0.2) is 36.4 Å². The molecule has 1 nitrogen and oxygen atoms in total. The van der Waals surface area contributed by atoms with Crippen molar-refractivity contribution in [2.45, 2.75) is 0 Å². The van der Waals surface area contributed by atoms with Crippen LogP contribution in [-0.2, 0) is 0 Å². The van der Waals surface area contributed by atoms with E-state index >= 15 is 0 Å². The van der Waals surface area contributed by atoms with Gasteiger partial charge < -0.3 is 4.74 Å². The van der Waals surface area contributed by atoms with E-state index < -0.39 is 0 Å². The van der Waals surface area contributed by atoms with Crippen molar-refractivity contribution >= 4 is 10.8 Å². The van der Waals surface area contributed by atoms with Crippen LogP contribution in [0.1, 0.15) is 0 Å². The zero-order valence-corrected chi connectivity index (χ0v) is 5.87. The van der Waals surface area contributed by atoms with E-state index in [1.807, 2.05) is 24.3 Å². The van der Waals surface area contributed by atoms with Gasteiger partial charge in [0, 0.05) is 0 Å². The van der Waals surface area contributed by atoms with Crippen molar-refractivity contribution in [3.63, 3.8) is 0 Å². The first-order chi connectivity index (χ1) is 5.45. The highest BCUT2D eigenvalue weighted by Crippen LogP contribution is 2.44. The number of hydrogen-bond acceptors (Lipinski definition) is 1. The van der Waals surface area contributed by atoms with Crippen LogP contribution in [0, 0.1) is 0 Å². The van der Waals surface area contributed by atoms with E-state index in [9.17, 15) is 0 Å². The van der Waals surface area contributed by atoms with Gasteiger partial charge in [-0.3, -0.25) is 0 Å². The van der Waals surface area contributed by atoms with Gasteiger partial charge in [0.1, 0.15) is 11.5 Å². The normalized spacial score (nSPS) is 12.4. The highest BCUT2D eigenvalue weighted by atomic mass is 16.5. The van der Waals surface area contributed by atoms with Gasteiger partial charge in [0.15, 0.2) is 0 Å². The van der Waals surface area contributed by atoms with Crippen molar-refractivity contribution in [1.29, 1.82) is 0 Å². The largest absolute Gasteiger partial charge is 0.456 e. The summed E-state index contributed by atoms with van der Waals surface area (Å²) in [5.41, 5.74) is 0. The standard InChI is InChI=1S/C10H6O/c1-3-7-4-2-6-9-10(7)8(5-1)11-9/h1-6H. The zero-order chi connectivity index (χ0) is 7.26. The SMILES string of the molecule is c1cc2c3c(cccc3c1)O2. The third kappa shape index (κ3) is 0.511. The Labute approximate surface area is 64.2 Å². The Bertz CT molecular complexity index is 395. The summed E-state index contributed by atoms with van der Waals surface area (Å²) >= 11 is 0. The van der Waals surface area contributed by atoms with Gasteiger partial charge in [-0.05, 0) is 17.5 Å². The molecular formula is C10H6O. The second-order valence-electron chi connectivity index (χ2n) is 2.71. The van der Waals surface area contributed by atoms with Crippen molar-refractivity contribution in [3.05, 3.63) is 36.4 Å². The highest BCUT2D eigenvalue weighted by Gasteiger charge is 2.16. The lowest BCUT2D eigenvalue weighted by molar-refractivity contribution is 0.461. The van der Waals surface area contributed by atoms with Crippen molar-refractivity contribution < 1.29 is 4.74 Å². The van der Waals surface area contributed by atoms with Crippen LogP contribution in [0.4, 0.5) is 0 Å². The summed E-state index contributed by atoms with van der Waals surface area (Å²) in [6.07, 6.45) is 0. The van der Waals surface area contributed by atoms with Gasteiger partial charge in [-0.15, -0.1) is 0 Å². The Morgan fingerprint density at radius 3 is 2.00 bits per heavy atom. The van der Waals surface area contributed by atoms with Gasteiger partial charge in [-0.1, -0.05) is 24.3 Å². The fourth-order valence-corrected chi connectivity index (χ4v) is 1.52. The molecular weight excluding hydrogens is 136 g/mol. The fourth-order valence-electron chi connectivity index (χ4n) is 1.52. The van der Waals surface area contributed by atoms with Gasteiger partial charge in [0.2, 0.25) is 0 Å². The molecule has 1 heterocycles. The van der Waals surface area contributed by atoms with Crippen molar-refractivity contribution in [3.8, 4) is 11.5 Å². The first-order valence-electron chi connectivity index (χ1n) is 3.65. The maximum absolute atomic E-state index is 5.38. The van der Waals surface area contributed by atoms with Crippen molar-refractivity contribution in [2.24, 2.45) is 0 Å². The monoisotopic (exact) mass is 142 g/mol. The minimum absolute atomic E-state index is 1.01. The van der Waals surface area contributed by atoms with Gasteiger partial charge >= 0.3 is 0 Å². The molecule has 2 aromatic rings. The predicted molar refractivity (Wildman–Crippen MR) is 44.0 cm³/mol. The van der Waals surface area contributed by atoms with E-state index in [4.69, 9.17) is 4.74 Å². The summed E-state index contributed by atoms with van der Waals surface area (Å²) < 4.78 is 5.38. The van der Waals surface area contributed by atoms with E-state index in [2.05, 4.69) is 12.1 Å². The molecule has 0 atom stereocenters. The third-order valence-electron chi connectivity index (χ3n) is 2.05. The molecule has 0 unspecified atom stereocenters. The second-order valence-corrected chi connectivity index (χ2v) is 2.71. The average molecular weight is 142 g/mol. The minimum atomic E-state index is 1.01. The fraction of sp³-hybridized carbons (Fsp3) is 0. The zero-order valence-electron chi connectivity index (χ0n) is 5.87. The molecule has 1 aliphatic heterocycles. The quantitative estimate of drug-likeness (QED) is 0.469. The topological polar surface area (TPSA) is 9.23 Å². The lowest BCUT2D eigenvalue weighted by Crippen LogP contribution is -1.95. The van der Waals surface area contributed by atoms with Gasteiger partial charge in [0.05, 0.1) is 5.39 Å². The summed E-state index contributed by atoms with van der Waals surface area (Å²) in [6.45, 7) is 0. The maximum atomic E-state index is 5.38. The Morgan fingerprint density at radius 2 is 1.45 bits per heavy atom. The van der Waals surface area contributed by atoms with Crippen LogP contribution in [0.25, 0.3) is 10.8 Å². The molecule has 0 aliphatic carbocycles. The molecule has 1 heteroatoms. The molecule has 0 fully saturated rings. The van der Waals surface area contributed by atoms with Gasteiger partial charge in [-0.25, -0.2) is 0 Å². The van der Waals surface area contributed by atoms with E-state index in [-0.39, 0.29) is 0 Å². The van der Waals surface area contributed by atoms with E-state index in [0.29, 0.717) is 0 Å². The Balaban J connectivity index is 2.61. The maximum Gasteiger partial charge on any atom is 0.139 e. The molecule has 0 amide bonds. The van der Waals surface area contributed by atoms with E-state index in [1.54, 1.807) is 0 Å². The third-order valence-corrected chi connectivity index (χ3v) is 2.05.